The fraction of sp³-hybridized carbons (Fsp3) is 0.533. The van der Waals surface area contributed by atoms with Gasteiger partial charge in [0.05, 0.1) is 12.6 Å². The SMILES string of the molecule is CCCN(CCC)C(=O)c1cc(C)cc(C(=O)N[C@@H](Cc2cc(F)cc(F)c2)[C@@H](O)C(O)COCC(C)C)c1. The molecule has 2 aromatic carbocycles. The summed E-state index contributed by atoms with van der Waals surface area (Å²) in [5.41, 5.74) is 1.46. The largest absolute Gasteiger partial charge is 0.388 e. The number of rotatable bonds is 15. The number of ether oxygens (including phenoxy) is 1. The van der Waals surface area contributed by atoms with Gasteiger partial charge in [0.2, 0.25) is 0 Å². The van der Waals surface area contributed by atoms with Crippen LogP contribution in [-0.4, -0.2) is 71.5 Å². The van der Waals surface area contributed by atoms with Crippen molar-refractivity contribution < 1.29 is 33.3 Å². The molecule has 7 nitrogen and oxygen atoms in total. The smallest absolute Gasteiger partial charge is 0.253 e. The highest BCUT2D eigenvalue weighted by molar-refractivity contribution is 6.00. The Bertz CT molecular complexity index is 1070. The molecule has 0 spiro atoms. The Labute approximate surface area is 230 Å². The third-order valence-corrected chi connectivity index (χ3v) is 6.10. The van der Waals surface area contributed by atoms with Crippen molar-refractivity contribution in [2.45, 2.75) is 72.1 Å². The zero-order valence-electron chi connectivity index (χ0n) is 23.5. The van der Waals surface area contributed by atoms with E-state index in [1.165, 1.54) is 6.07 Å². The molecule has 39 heavy (non-hydrogen) atoms. The average Bonchev–Trinajstić information content (AvgIpc) is 2.86. The highest BCUT2D eigenvalue weighted by Gasteiger charge is 2.29. The Hall–Kier alpha value is -2.88. The van der Waals surface area contributed by atoms with Crippen LogP contribution >= 0.6 is 0 Å². The molecule has 0 saturated heterocycles. The Balaban J connectivity index is 2.32. The summed E-state index contributed by atoms with van der Waals surface area (Å²) >= 11 is 0. The number of carbonyl (C=O) groups is 2. The number of aryl methyl sites for hydroxylation is 1. The van der Waals surface area contributed by atoms with E-state index in [1.807, 2.05) is 27.7 Å². The van der Waals surface area contributed by atoms with Gasteiger partial charge >= 0.3 is 0 Å². The normalized spacial score (nSPS) is 13.7. The van der Waals surface area contributed by atoms with Crippen molar-refractivity contribution in [3.8, 4) is 0 Å². The van der Waals surface area contributed by atoms with Crippen LogP contribution in [0.2, 0.25) is 0 Å². The van der Waals surface area contributed by atoms with Crippen molar-refractivity contribution in [2.24, 2.45) is 5.92 Å². The average molecular weight is 549 g/mol. The van der Waals surface area contributed by atoms with Gasteiger partial charge in [0.15, 0.2) is 0 Å². The lowest BCUT2D eigenvalue weighted by atomic mass is 9.96. The van der Waals surface area contributed by atoms with Crippen LogP contribution in [0.1, 0.15) is 72.4 Å². The van der Waals surface area contributed by atoms with E-state index in [0.29, 0.717) is 30.8 Å². The number of carbonyl (C=O) groups excluding carboxylic acids is 2. The second-order valence-electron chi connectivity index (χ2n) is 10.4. The molecule has 3 N–H and O–H groups in total. The predicted octanol–water partition coefficient (Wildman–Crippen LogP) is 4.27. The van der Waals surface area contributed by atoms with Crippen molar-refractivity contribution >= 4 is 11.8 Å². The van der Waals surface area contributed by atoms with Gasteiger partial charge in [-0.25, -0.2) is 8.78 Å². The summed E-state index contributed by atoms with van der Waals surface area (Å²) in [7, 11) is 0. The third-order valence-electron chi connectivity index (χ3n) is 6.10. The van der Waals surface area contributed by atoms with Gasteiger partial charge in [-0.15, -0.1) is 0 Å². The fourth-order valence-electron chi connectivity index (χ4n) is 4.36. The number of nitrogens with zero attached hydrogens (tertiary/aromatic N) is 1. The first-order valence-corrected chi connectivity index (χ1v) is 13.6. The molecule has 0 saturated carbocycles. The number of benzene rings is 2. The minimum atomic E-state index is -1.50. The standard InChI is InChI=1S/C30H42F2N2O5/c1-6-8-34(9-7-2)30(38)23-11-20(5)10-22(15-23)29(37)33-26(14-21-12-24(31)16-25(32)13-21)28(36)27(35)18-39-17-19(3)4/h10-13,15-16,19,26-28,35-36H,6-9,14,17-18H2,1-5H3,(H,33,37)/t26-,27?,28+/m0/s1. The van der Waals surface area contributed by atoms with Gasteiger partial charge in [0, 0.05) is 36.9 Å². The van der Waals surface area contributed by atoms with E-state index in [1.54, 1.807) is 24.0 Å². The second-order valence-corrected chi connectivity index (χ2v) is 10.4. The summed E-state index contributed by atoms with van der Waals surface area (Å²) in [6, 6.07) is 6.67. The Morgan fingerprint density at radius 1 is 0.923 bits per heavy atom. The first-order valence-electron chi connectivity index (χ1n) is 13.6. The monoisotopic (exact) mass is 548 g/mol. The molecule has 2 rings (SSSR count). The lowest BCUT2D eigenvalue weighted by Gasteiger charge is -2.28. The molecule has 0 aliphatic rings. The second kappa shape index (κ2) is 15.6. The Morgan fingerprint density at radius 3 is 2.08 bits per heavy atom. The molecule has 0 heterocycles. The number of halogens is 2. The van der Waals surface area contributed by atoms with E-state index in [0.717, 1.165) is 31.0 Å². The lowest BCUT2D eigenvalue weighted by Crippen LogP contribution is -2.51. The molecule has 0 radical (unpaired) electrons. The molecule has 0 aliphatic heterocycles. The molecular weight excluding hydrogens is 506 g/mol. The number of amides is 2. The van der Waals surface area contributed by atoms with Crippen LogP contribution in [0.25, 0.3) is 0 Å². The molecule has 0 fully saturated rings. The van der Waals surface area contributed by atoms with Gasteiger partial charge in [-0.3, -0.25) is 9.59 Å². The molecule has 2 aromatic rings. The van der Waals surface area contributed by atoms with Gasteiger partial charge in [-0.05, 0) is 73.6 Å². The highest BCUT2D eigenvalue weighted by atomic mass is 19.1. The van der Waals surface area contributed by atoms with Crippen LogP contribution in [0.5, 0.6) is 0 Å². The van der Waals surface area contributed by atoms with E-state index in [2.05, 4.69) is 5.32 Å². The molecule has 3 atom stereocenters. The maximum Gasteiger partial charge on any atom is 0.253 e. The highest BCUT2D eigenvalue weighted by Crippen LogP contribution is 2.17. The quantitative estimate of drug-likeness (QED) is 0.309. The molecule has 0 aromatic heterocycles. The summed E-state index contributed by atoms with van der Waals surface area (Å²) in [6.45, 7) is 11.0. The van der Waals surface area contributed by atoms with E-state index < -0.39 is 35.8 Å². The van der Waals surface area contributed by atoms with Crippen LogP contribution in [0.15, 0.2) is 36.4 Å². The van der Waals surface area contributed by atoms with E-state index in [9.17, 15) is 28.6 Å². The van der Waals surface area contributed by atoms with Crippen LogP contribution in [0.3, 0.4) is 0 Å². The number of nitrogens with one attached hydrogen (secondary N) is 1. The first kappa shape index (κ1) is 32.3. The molecule has 2 amide bonds. The van der Waals surface area contributed by atoms with Crippen LogP contribution in [0.4, 0.5) is 8.78 Å². The molecule has 0 bridgehead atoms. The van der Waals surface area contributed by atoms with E-state index in [4.69, 9.17) is 4.74 Å². The zero-order chi connectivity index (χ0) is 29.1. The Morgan fingerprint density at radius 2 is 1.51 bits per heavy atom. The predicted molar refractivity (Wildman–Crippen MR) is 147 cm³/mol. The van der Waals surface area contributed by atoms with Crippen LogP contribution in [-0.2, 0) is 11.2 Å². The van der Waals surface area contributed by atoms with Gasteiger partial charge in [0.1, 0.15) is 23.8 Å². The number of aliphatic hydroxyl groups excluding tert-OH is 2. The molecule has 1 unspecified atom stereocenters. The molecular formula is C30H42F2N2O5. The van der Waals surface area contributed by atoms with Crippen molar-refractivity contribution in [1.29, 1.82) is 0 Å². The maximum atomic E-state index is 13.9. The van der Waals surface area contributed by atoms with Crippen molar-refractivity contribution in [2.75, 3.05) is 26.3 Å². The summed E-state index contributed by atoms with van der Waals surface area (Å²) in [5.74, 6) is -2.15. The molecule has 216 valence electrons. The third kappa shape index (κ3) is 10.3. The maximum absolute atomic E-state index is 13.9. The minimum absolute atomic E-state index is 0.152. The van der Waals surface area contributed by atoms with E-state index >= 15 is 0 Å². The zero-order valence-corrected chi connectivity index (χ0v) is 23.5. The summed E-state index contributed by atoms with van der Waals surface area (Å²) in [6.07, 6.45) is -1.41. The molecule has 0 aliphatic carbocycles. The van der Waals surface area contributed by atoms with Gasteiger partial charge < -0.3 is 25.2 Å². The number of hydrogen-bond acceptors (Lipinski definition) is 5. The summed E-state index contributed by atoms with van der Waals surface area (Å²) in [5, 5.41) is 24.2. The van der Waals surface area contributed by atoms with E-state index in [-0.39, 0.29) is 36.0 Å². The number of aliphatic hydroxyl groups is 2. The van der Waals surface area contributed by atoms with Gasteiger partial charge in [0.25, 0.3) is 11.8 Å². The van der Waals surface area contributed by atoms with Gasteiger partial charge in [-0.1, -0.05) is 27.7 Å². The van der Waals surface area contributed by atoms with Crippen molar-refractivity contribution in [3.05, 3.63) is 70.3 Å². The minimum Gasteiger partial charge on any atom is -0.388 e. The van der Waals surface area contributed by atoms with Crippen molar-refractivity contribution in [1.82, 2.24) is 10.2 Å². The Kier molecular flexibility index (Phi) is 13.0. The lowest BCUT2D eigenvalue weighted by molar-refractivity contribution is -0.0544. The van der Waals surface area contributed by atoms with Crippen LogP contribution < -0.4 is 5.32 Å². The molecule has 9 heteroatoms. The van der Waals surface area contributed by atoms with Crippen molar-refractivity contribution in [3.63, 3.8) is 0 Å². The van der Waals surface area contributed by atoms with Gasteiger partial charge in [-0.2, -0.15) is 0 Å². The first-order chi connectivity index (χ1) is 18.4. The topological polar surface area (TPSA) is 99.1 Å². The summed E-state index contributed by atoms with van der Waals surface area (Å²) < 4.78 is 33.1. The van der Waals surface area contributed by atoms with Crippen LogP contribution in [0, 0.1) is 24.5 Å². The fourth-order valence-corrected chi connectivity index (χ4v) is 4.36. The summed E-state index contributed by atoms with van der Waals surface area (Å²) in [4.78, 5) is 28.3. The number of hydrogen-bond donors (Lipinski definition) is 3.